The highest BCUT2D eigenvalue weighted by Gasteiger charge is 2.13. The lowest BCUT2D eigenvalue weighted by atomic mass is 10.1. The normalized spacial score (nSPS) is 18.6. The maximum Gasteiger partial charge on any atom is 0.223 e. The molecule has 2 N–H and O–H groups in total. The first-order chi connectivity index (χ1) is 9.74. The molecule has 1 aromatic rings. The number of aryl methyl sites for hydroxylation is 1. The van der Waals surface area contributed by atoms with E-state index in [9.17, 15) is 4.79 Å². The smallest absolute Gasteiger partial charge is 0.223 e. The molecule has 0 bridgehead atoms. The molecule has 1 aliphatic heterocycles. The van der Waals surface area contributed by atoms with Gasteiger partial charge in [0.15, 0.2) is 0 Å². The summed E-state index contributed by atoms with van der Waals surface area (Å²) in [5, 5.41) is 6.39. The van der Waals surface area contributed by atoms with E-state index in [1.165, 1.54) is 12.8 Å². The number of benzene rings is 1. The zero-order valence-electron chi connectivity index (χ0n) is 12.2. The molecule has 20 heavy (non-hydrogen) atoms. The summed E-state index contributed by atoms with van der Waals surface area (Å²) in [6, 6.07) is 8.31. The molecule has 110 valence electrons. The molecule has 0 spiro atoms. The van der Waals surface area contributed by atoms with E-state index in [4.69, 9.17) is 4.74 Å². The molecule has 4 heteroatoms. The molecule has 1 atom stereocenters. The number of carbonyl (C=O) groups excluding carboxylic acids is 1. The van der Waals surface area contributed by atoms with Crippen LogP contribution in [0.1, 0.15) is 31.2 Å². The third-order valence-corrected chi connectivity index (χ3v) is 3.55. The van der Waals surface area contributed by atoms with Gasteiger partial charge in [0.1, 0.15) is 5.75 Å². The number of rotatable bonds is 6. The van der Waals surface area contributed by atoms with Gasteiger partial charge in [-0.3, -0.25) is 4.79 Å². The van der Waals surface area contributed by atoms with E-state index in [0.717, 1.165) is 30.8 Å². The molecule has 0 radical (unpaired) electrons. The van der Waals surface area contributed by atoms with Crippen molar-refractivity contribution in [1.29, 1.82) is 0 Å². The van der Waals surface area contributed by atoms with Crippen LogP contribution in [-0.2, 0) is 4.79 Å². The summed E-state index contributed by atoms with van der Waals surface area (Å²) in [6.45, 7) is 4.24. The summed E-state index contributed by atoms with van der Waals surface area (Å²) in [5.74, 6) is 0.886. The van der Waals surface area contributed by atoms with Crippen molar-refractivity contribution in [2.45, 2.75) is 38.6 Å². The first kappa shape index (κ1) is 14.9. The van der Waals surface area contributed by atoms with E-state index >= 15 is 0 Å². The third kappa shape index (κ3) is 5.21. The monoisotopic (exact) mass is 276 g/mol. The Kier molecular flexibility index (Phi) is 5.87. The Morgan fingerprint density at radius 1 is 1.45 bits per heavy atom. The van der Waals surface area contributed by atoms with Crippen LogP contribution in [0.15, 0.2) is 24.3 Å². The second-order valence-corrected chi connectivity index (χ2v) is 5.37. The van der Waals surface area contributed by atoms with Gasteiger partial charge in [-0.15, -0.1) is 0 Å². The van der Waals surface area contributed by atoms with Crippen molar-refractivity contribution >= 4 is 5.91 Å². The van der Waals surface area contributed by atoms with Gasteiger partial charge in [0.2, 0.25) is 5.91 Å². The topological polar surface area (TPSA) is 50.4 Å². The molecule has 1 fully saturated rings. The number of hydrogen-bond donors (Lipinski definition) is 2. The maximum absolute atomic E-state index is 11.7. The van der Waals surface area contributed by atoms with E-state index in [-0.39, 0.29) is 5.91 Å². The van der Waals surface area contributed by atoms with E-state index < -0.39 is 0 Å². The minimum Gasteiger partial charge on any atom is -0.493 e. The van der Waals surface area contributed by atoms with Crippen LogP contribution >= 0.6 is 0 Å². The lowest BCUT2D eigenvalue weighted by Crippen LogP contribution is -2.43. The van der Waals surface area contributed by atoms with Gasteiger partial charge < -0.3 is 15.4 Å². The predicted octanol–water partition coefficient (Wildman–Crippen LogP) is 2.02. The first-order valence-corrected chi connectivity index (χ1v) is 7.43. The minimum atomic E-state index is 0.0602. The van der Waals surface area contributed by atoms with Crippen molar-refractivity contribution in [3.63, 3.8) is 0 Å². The number of carbonyl (C=O) groups is 1. The van der Waals surface area contributed by atoms with Gasteiger partial charge in [-0.05, 0) is 44.0 Å². The Balaban J connectivity index is 1.60. The second kappa shape index (κ2) is 7.90. The van der Waals surface area contributed by atoms with E-state index in [0.29, 0.717) is 19.1 Å². The van der Waals surface area contributed by atoms with Gasteiger partial charge in [-0.25, -0.2) is 0 Å². The molecule has 2 rings (SSSR count). The molecule has 1 unspecified atom stereocenters. The largest absolute Gasteiger partial charge is 0.493 e. The first-order valence-electron chi connectivity index (χ1n) is 7.43. The fourth-order valence-corrected chi connectivity index (χ4v) is 2.39. The Labute approximate surface area is 120 Å². The molecule has 1 amide bonds. The molecule has 0 aromatic heterocycles. The van der Waals surface area contributed by atoms with Crippen molar-refractivity contribution in [2.24, 2.45) is 0 Å². The van der Waals surface area contributed by atoms with E-state index in [1.807, 2.05) is 31.2 Å². The fourth-order valence-electron chi connectivity index (χ4n) is 2.39. The molecule has 4 nitrogen and oxygen atoms in total. The molecule has 1 saturated heterocycles. The number of amides is 1. The van der Waals surface area contributed by atoms with Gasteiger partial charge >= 0.3 is 0 Å². The summed E-state index contributed by atoms with van der Waals surface area (Å²) in [7, 11) is 0. The average Bonchev–Trinajstić information content (AvgIpc) is 2.46. The number of ether oxygens (including phenoxy) is 1. The fraction of sp³-hybridized carbons (Fsp3) is 0.562. The summed E-state index contributed by atoms with van der Waals surface area (Å²) < 4.78 is 5.57. The van der Waals surface area contributed by atoms with Crippen LogP contribution in [0.5, 0.6) is 5.75 Å². The Bertz CT molecular complexity index is 428. The highest BCUT2D eigenvalue weighted by atomic mass is 16.5. The second-order valence-electron chi connectivity index (χ2n) is 5.37. The quantitative estimate of drug-likeness (QED) is 0.836. The van der Waals surface area contributed by atoms with Gasteiger partial charge in [0, 0.05) is 12.6 Å². The standard InChI is InChI=1S/C16H24N2O2/c1-13-5-4-7-15(11-13)20-10-8-16(19)18-12-14-6-2-3-9-17-14/h4-5,7,11,14,17H,2-3,6,8-10,12H2,1H3,(H,18,19). The zero-order valence-corrected chi connectivity index (χ0v) is 12.2. The molecule has 0 aliphatic carbocycles. The Morgan fingerprint density at radius 2 is 2.35 bits per heavy atom. The number of piperidine rings is 1. The maximum atomic E-state index is 11.7. The highest BCUT2D eigenvalue weighted by Crippen LogP contribution is 2.12. The Morgan fingerprint density at radius 3 is 3.10 bits per heavy atom. The number of hydrogen-bond acceptors (Lipinski definition) is 3. The summed E-state index contributed by atoms with van der Waals surface area (Å²) in [6.07, 6.45) is 4.06. The molecule has 0 saturated carbocycles. The van der Waals surface area contributed by atoms with Crippen LogP contribution in [0.3, 0.4) is 0 Å². The van der Waals surface area contributed by atoms with Crippen LogP contribution in [0.2, 0.25) is 0 Å². The SMILES string of the molecule is Cc1cccc(OCCC(=O)NCC2CCCCN2)c1. The van der Waals surface area contributed by atoms with Crippen molar-refractivity contribution in [3.05, 3.63) is 29.8 Å². The summed E-state index contributed by atoms with van der Waals surface area (Å²) in [5.41, 5.74) is 1.16. The van der Waals surface area contributed by atoms with Gasteiger partial charge in [-0.2, -0.15) is 0 Å². The van der Waals surface area contributed by atoms with Gasteiger partial charge in [0.25, 0.3) is 0 Å². The van der Waals surface area contributed by atoms with Crippen molar-refractivity contribution < 1.29 is 9.53 Å². The van der Waals surface area contributed by atoms with E-state index in [1.54, 1.807) is 0 Å². The van der Waals surface area contributed by atoms with Crippen molar-refractivity contribution in [2.75, 3.05) is 19.7 Å². The van der Waals surface area contributed by atoms with Crippen LogP contribution in [0.25, 0.3) is 0 Å². The van der Waals surface area contributed by atoms with Crippen LogP contribution in [0.4, 0.5) is 0 Å². The minimum absolute atomic E-state index is 0.0602. The lowest BCUT2D eigenvalue weighted by molar-refractivity contribution is -0.121. The van der Waals surface area contributed by atoms with Crippen LogP contribution in [-0.4, -0.2) is 31.6 Å². The third-order valence-electron chi connectivity index (χ3n) is 3.55. The average molecular weight is 276 g/mol. The molecule has 1 aromatic carbocycles. The van der Waals surface area contributed by atoms with Crippen molar-refractivity contribution in [3.8, 4) is 5.75 Å². The van der Waals surface area contributed by atoms with Gasteiger partial charge in [-0.1, -0.05) is 18.6 Å². The summed E-state index contributed by atoms with van der Waals surface area (Å²) >= 11 is 0. The highest BCUT2D eigenvalue weighted by molar-refractivity contribution is 5.76. The van der Waals surface area contributed by atoms with Gasteiger partial charge in [0.05, 0.1) is 13.0 Å². The summed E-state index contributed by atoms with van der Waals surface area (Å²) in [4.78, 5) is 11.7. The molecule has 1 heterocycles. The molecular formula is C16H24N2O2. The van der Waals surface area contributed by atoms with Crippen LogP contribution in [0, 0.1) is 6.92 Å². The zero-order chi connectivity index (χ0) is 14.2. The molecule has 1 aliphatic rings. The predicted molar refractivity (Wildman–Crippen MR) is 79.9 cm³/mol. The van der Waals surface area contributed by atoms with E-state index in [2.05, 4.69) is 10.6 Å². The van der Waals surface area contributed by atoms with Crippen LogP contribution < -0.4 is 15.4 Å². The Hall–Kier alpha value is -1.55. The van der Waals surface area contributed by atoms with Crippen molar-refractivity contribution in [1.82, 2.24) is 10.6 Å². The number of nitrogens with one attached hydrogen (secondary N) is 2. The lowest BCUT2D eigenvalue weighted by Gasteiger charge is -2.23. The molecular weight excluding hydrogens is 252 g/mol.